The number of nitrogens with one attached hydrogen (secondary N) is 3. The fourth-order valence-corrected chi connectivity index (χ4v) is 1.28. The van der Waals surface area contributed by atoms with Crippen LogP contribution in [0.2, 0.25) is 0 Å². The lowest BCUT2D eigenvalue weighted by Gasteiger charge is -2.10. The van der Waals surface area contributed by atoms with Gasteiger partial charge in [0.25, 0.3) is 5.91 Å². The molecule has 0 fully saturated rings. The van der Waals surface area contributed by atoms with Gasteiger partial charge in [-0.2, -0.15) is 0 Å². The number of benzene rings is 1. The minimum absolute atomic E-state index is 0.208. The van der Waals surface area contributed by atoms with Gasteiger partial charge in [0, 0.05) is 11.8 Å². The zero-order valence-corrected chi connectivity index (χ0v) is 11.1. The van der Waals surface area contributed by atoms with Gasteiger partial charge >= 0.3 is 0 Å². The second-order valence-corrected chi connectivity index (χ2v) is 3.87. The first-order valence-corrected chi connectivity index (χ1v) is 5.94. The molecular weight excluding hydrogens is 265 g/mol. The van der Waals surface area contributed by atoms with Gasteiger partial charge in [0.05, 0.1) is 0 Å². The van der Waals surface area contributed by atoms with E-state index < -0.39 is 0 Å². The maximum absolute atomic E-state index is 12.7. The van der Waals surface area contributed by atoms with Crippen LogP contribution in [0, 0.1) is 5.82 Å². The Morgan fingerprint density at radius 1 is 1.21 bits per heavy atom. The van der Waals surface area contributed by atoms with Crippen LogP contribution >= 0.6 is 12.2 Å². The molecule has 0 saturated heterocycles. The highest BCUT2D eigenvalue weighted by Gasteiger charge is 1.99. The number of hydrazine groups is 1. The maximum Gasteiger partial charge on any atom is 0.262 e. The largest absolute Gasteiger partial charge is 0.331 e. The first-order chi connectivity index (χ1) is 9.11. The van der Waals surface area contributed by atoms with E-state index in [1.54, 1.807) is 18.2 Å². The number of allylic oxidation sites excluding steroid dienone is 3. The van der Waals surface area contributed by atoms with Crippen molar-refractivity contribution in [1.82, 2.24) is 10.9 Å². The van der Waals surface area contributed by atoms with Gasteiger partial charge in [-0.1, -0.05) is 18.2 Å². The Morgan fingerprint density at radius 3 is 2.53 bits per heavy atom. The van der Waals surface area contributed by atoms with Crippen LogP contribution in [0.1, 0.15) is 6.92 Å². The highest BCUT2D eigenvalue weighted by molar-refractivity contribution is 7.80. The van der Waals surface area contributed by atoms with Gasteiger partial charge in [-0.15, -0.1) is 0 Å². The van der Waals surface area contributed by atoms with E-state index in [4.69, 9.17) is 12.2 Å². The summed E-state index contributed by atoms with van der Waals surface area (Å²) in [6.07, 6.45) is 6.49. The molecule has 0 bridgehead atoms. The Hall–Kier alpha value is -2.21. The summed E-state index contributed by atoms with van der Waals surface area (Å²) in [6, 6.07) is 5.70. The van der Waals surface area contributed by atoms with Gasteiger partial charge in [-0.05, 0) is 43.4 Å². The van der Waals surface area contributed by atoms with Gasteiger partial charge in [0.1, 0.15) is 5.82 Å². The fraction of sp³-hybridized carbons (Fsp3) is 0.0769. The monoisotopic (exact) mass is 279 g/mol. The van der Waals surface area contributed by atoms with Gasteiger partial charge in [-0.3, -0.25) is 15.6 Å². The molecular formula is C13H14FN3OS. The summed E-state index contributed by atoms with van der Waals surface area (Å²) in [5, 5.41) is 3.00. The lowest BCUT2D eigenvalue weighted by molar-refractivity contribution is -0.117. The van der Waals surface area contributed by atoms with E-state index in [1.165, 1.54) is 30.3 Å². The molecule has 0 radical (unpaired) electrons. The van der Waals surface area contributed by atoms with Crippen molar-refractivity contribution in [1.29, 1.82) is 0 Å². The Balaban J connectivity index is 2.35. The number of thiocarbonyl (C=S) groups is 1. The molecule has 3 N–H and O–H groups in total. The summed E-state index contributed by atoms with van der Waals surface area (Å²) in [6.45, 7) is 1.85. The van der Waals surface area contributed by atoms with Gasteiger partial charge < -0.3 is 5.32 Å². The zero-order valence-electron chi connectivity index (χ0n) is 10.3. The highest BCUT2D eigenvalue weighted by atomic mass is 32.1. The van der Waals surface area contributed by atoms with Crippen LogP contribution < -0.4 is 16.2 Å². The predicted octanol–water partition coefficient (Wildman–Crippen LogP) is 2.28. The summed E-state index contributed by atoms with van der Waals surface area (Å²) in [5.74, 6) is -0.659. The quantitative estimate of drug-likeness (QED) is 0.344. The average Bonchev–Trinajstić information content (AvgIpc) is 2.39. The number of carbonyl (C=O) groups is 1. The molecule has 0 aliphatic carbocycles. The van der Waals surface area contributed by atoms with Crippen molar-refractivity contribution in [2.45, 2.75) is 6.92 Å². The number of hydrogen-bond donors (Lipinski definition) is 3. The second-order valence-electron chi connectivity index (χ2n) is 3.46. The summed E-state index contributed by atoms with van der Waals surface area (Å²) in [4.78, 5) is 11.3. The minimum atomic E-state index is -0.332. The molecule has 4 nitrogen and oxygen atoms in total. The van der Waals surface area contributed by atoms with Gasteiger partial charge in [-0.25, -0.2) is 4.39 Å². The standard InChI is InChI=1S/C13H14FN3OS/c1-2-3-4-5-12(18)16-17-13(19)15-11-8-6-10(14)7-9-11/h2-9H,1H3,(H,16,18)(H2,15,17,19)/b3-2+,5-4+. The normalized spacial score (nSPS) is 10.6. The molecule has 0 aromatic heterocycles. The van der Waals surface area contributed by atoms with Crippen LogP contribution in [0.15, 0.2) is 48.6 Å². The molecule has 1 aromatic rings. The van der Waals surface area contributed by atoms with Crippen LogP contribution in [0.5, 0.6) is 0 Å². The molecule has 0 spiro atoms. The molecule has 1 aromatic carbocycles. The van der Waals surface area contributed by atoms with Crippen LogP contribution in [0.4, 0.5) is 10.1 Å². The van der Waals surface area contributed by atoms with Crippen molar-refractivity contribution in [2.24, 2.45) is 0 Å². The first kappa shape index (κ1) is 14.8. The highest BCUT2D eigenvalue weighted by Crippen LogP contribution is 2.07. The van der Waals surface area contributed by atoms with Crippen LogP contribution in [-0.2, 0) is 4.79 Å². The molecule has 0 heterocycles. The number of rotatable bonds is 3. The molecule has 1 rings (SSSR count). The summed E-state index contributed by atoms with van der Waals surface area (Å²) >= 11 is 4.95. The maximum atomic E-state index is 12.7. The fourth-order valence-electron chi connectivity index (χ4n) is 1.11. The molecule has 100 valence electrons. The lowest BCUT2D eigenvalue weighted by atomic mass is 10.3. The average molecular weight is 279 g/mol. The van der Waals surface area contributed by atoms with Crippen molar-refractivity contribution in [3.05, 3.63) is 54.4 Å². The Labute approximate surface area is 116 Å². The van der Waals surface area contributed by atoms with E-state index in [0.717, 1.165) is 0 Å². The van der Waals surface area contributed by atoms with Crippen molar-refractivity contribution < 1.29 is 9.18 Å². The predicted molar refractivity (Wildman–Crippen MR) is 77.9 cm³/mol. The van der Waals surface area contributed by atoms with Gasteiger partial charge in [0.2, 0.25) is 0 Å². The summed E-state index contributed by atoms with van der Waals surface area (Å²) in [5.41, 5.74) is 5.53. The van der Waals surface area contributed by atoms with Crippen molar-refractivity contribution >= 4 is 28.9 Å². The number of amides is 1. The van der Waals surface area contributed by atoms with E-state index in [-0.39, 0.29) is 16.8 Å². The van der Waals surface area contributed by atoms with Crippen LogP contribution in [0.3, 0.4) is 0 Å². The van der Waals surface area contributed by atoms with E-state index in [0.29, 0.717) is 5.69 Å². The molecule has 6 heteroatoms. The lowest BCUT2D eigenvalue weighted by Crippen LogP contribution is -2.43. The minimum Gasteiger partial charge on any atom is -0.331 e. The van der Waals surface area contributed by atoms with Crippen molar-refractivity contribution in [2.75, 3.05) is 5.32 Å². The molecule has 0 aliphatic rings. The first-order valence-electron chi connectivity index (χ1n) is 5.53. The summed E-state index contributed by atoms with van der Waals surface area (Å²) < 4.78 is 12.7. The Morgan fingerprint density at radius 2 is 1.89 bits per heavy atom. The van der Waals surface area contributed by atoms with E-state index in [9.17, 15) is 9.18 Å². The molecule has 0 atom stereocenters. The number of hydrogen-bond acceptors (Lipinski definition) is 2. The topological polar surface area (TPSA) is 53.2 Å². The van der Waals surface area contributed by atoms with Crippen molar-refractivity contribution in [3.63, 3.8) is 0 Å². The summed E-state index contributed by atoms with van der Waals surface area (Å²) in [7, 11) is 0. The van der Waals surface area contributed by atoms with E-state index >= 15 is 0 Å². The van der Waals surface area contributed by atoms with E-state index in [2.05, 4.69) is 16.2 Å². The zero-order chi connectivity index (χ0) is 14.1. The third-order valence-electron chi connectivity index (χ3n) is 1.95. The number of carbonyl (C=O) groups excluding carboxylic acids is 1. The molecule has 0 saturated carbocycles. The van der Waals surface area contributed by atoms with Crippen LogP contribution in [0.25, 0.3) is 0 Å². The number of anilines is 1. The molecule has 0 aliphatic heterocycles. The molecule has 19 heavy (non-hydrogen) atoms. The smallest absolute Gasteiger partial charge is 0.262 e. The molecule has 0 unspecified atom stereocenters. The third kappa shape index (κ3) is 6.32. The number of halogens is 1. The van der Waals surface area contributed by atoms with E-state index in [1.807, 2.05) is 6.92 Å². The SMILES string of the molecule is C/C=C/C=C/C(=O)NNC(=S)Nc1ccc(F)cc1. The molecule has 1 amide bonds. The second kappa shape index (κ2) is 7.99. The van der Waals surface area contributed by atoms with Gasteiger partial charge in [0.15, 0.2) is 5.11 Å². The van der Waals surface area contributed by atoms with Crippen molar-refractivity contribution in [3.8, 4) is 0 Å². The van der Waals surface area contributed by atoms with Crippen LogP contribution in [-0.4, -0.2) is 11.0 Å². The Kier molecular flexibility index (Phi) is 6.25. The Bertz CT molecular complexity index is 497. The third-order valence-corrected chi connectivity index (χ3v) is 2.16.